The molecule has 0 amide bonds. The second kappa shape index (κ2) is 6.58. The van der Waals surface area contributed by atoms with Crippen LogP contribution in [0.25, 0.3) is 0 Å². The Hall–Kier alpha value is -0.300. The molecule has 7 heteroatoms. The van der Waals surface area contributed by atoms with Crippen LogP contribution in [0.5, 0.6) is 0 Å². The lowest BCUT2D eigenvalue weighted by molar-refractivity contribution is -0.137. The predicted octanol–water partition coefficient (Wildman–Crippen LogP) is 3.24. The highest BCUT2D eigenvalue weighted by Crippen LogP contribution is 2.33. The molecule has 0 bridgehead atoms. The van der Waals surface area contributed by atoms with Gasteiger partial charge in [0.2, 0.25) is 0 Å². The number of alkyl halides is 3. The Morgan fingerprint density at radius 2 is 1.88 bits per heavy atom. The monoisotopic (exact) mass is 332 g/mol. The summed E-state index contributed by atoms with van der Waals surface area (Å²) in [6.45, 7) is 0.337. The van der Waals surface area contributed by atoms with Crippen LogP contribution in [0.15, 0.2) is 22.7 Å². The summed E-state index contributed by atoms with van der Waals surface area (Å²) < 4.78 is 38.0. The highest BCUT2D eigenvalue weighted by Gasteiger charge is 2.31. The first-order valence-corrected chi connectivity index (χ1v) is 5.48. The molecule has 1 aromatic rings. The van der Waals surface area contributed by atoms with Crippen molar-refractivity contribution in [2.45, 2.75) is 18.6 Å². The third-order valence-electron chi connectivity index (χ3n) is 2.20. The maximum absolute atomic E-state index is 12.5. The lowest BCUT2D eigenvalue weighted by Gasteiger charge is -2.15. The molecule has 0 aliphatic rings. The van der Waals surface area contributed by atoms with E-state index in [-0.39, 0.29) is 12.4 Å². The number of halogens is 5. The van der Waals surface area contributed by atoms with E-state index in [0.717, 1.165) is 12.1 Å². The average molecular weight is 334 g/mol. The maximum atomic E-state index is 12.5. The molecule has 0 radical (unpaired) electrons. The van der Waals surface area contributed by atoms with Crippen molar-refractivity contribution in [3.8, 4) is 0 Å². The third kappa shape index (κ3) is 4.46. The molecule has 0 aromatic heterocycles. The third-order valence-corrected chi connectivity index (χ3v) is 2.92. The molecular weight excluding hydrogens is 320 g/mol. The van der Waals surface area contributed by atoms with Crippen LogP contribution in [0.1, 0.15) is 23.6 Å². The molecule has 0 fully saturated rings. The van der Waals surface area contributed by atoms with Gasteiger partial charge in [0, 0.05) is 10.5 Å². The molecule has 0 aliphatic heterocycles. The van der Waals surface area contributed by atoms with Gasteiger partial charge in [-0.2, -0.15) is 13.2 Å². The Morgan fingerprint density at radius 3 is 2.35 bits per heavy atom. The first kappa shape index (κ1) is 16.7. The first-order chi connectivity index (χ1) is 7.36. The summed E-state index contributed by atoms with van der Waals surface area (Å²) in [6.07, 6.45) is -3.90. The molecule has 0 aliphatic carbocycles. The largest absolute Gasteiger partial charge is 0.416 e. The summed E-state index contributed by atoms with van der Waals surface area (Å²) in [4.78, 5) is 0. The van der Waals surface area contributed by atoms with E-state index < -0.39 is 17.8 Å². The van der Waals surface area contributed by atoms with Gasteiger partial charge in [0.05, 0.1) is 5.56 Å². The number of nitrogens with two attached hydrogens (primary N) is 2. The van der Waals surface area contributed by atoms with Gasteiger partial charge in [-0.05, 0) is 36.7 Å². The van der Waals surface area contributed by atoms with Gasteiger partial charge in [0.1, 0.15) is 0 Å². The quantitative estimate of drug-likeness (QED) is 0.892. The van der Waals surface area contributed by atoms with E-state index in [1.54, 1.807) is 0 Å². The zero-order valence-electron chi connectivity index (χ0n) is 8.80. The van der Waals surface area contributed by atoms with Crippen LogP contribution in [0.3, 0.4) is 0 Å². The van der Waals surface area contributed by atoms with Crippen LogP contribution in [-0.4, -0.2) is 6.54 Å². The highest BCUT2D eigenvalue weighted by atomic mass is 79.9. The molecule has 0 unspecified atom stereocenters. The minimum atomic E-state index is -4.35. The molecule has 2 nitrogen and oxygen atoms in total. The van der Waals surface area contributed by atoms with Crippen LogP contribution in [0.2, 0.25) is 0 Å². The van der Waals surface area contributed by atoms with Gasteiger partial charge in [-0.15, -0.1) is 12.4 Å². The summed E-state index contributed by atoms with van der Waals surface area (Å²) in [5, 5.41) is 0. The average Bonchev–Trinajstić information content (AvgIpc) is 2.16. The van der Waals surface area contributed by atoms with Gasteiger partial charge >= 0.3 is 6.18 Å². The number of rotatable bonds is 3. The van der Waals surface area contributed by atoms with E-state index in [0.29, 0.717) is 23.0 Å². The minimum Gasteiger partial charge on any atom is -0.330 e. The van der Waals surface area contributed by atoms with E-state index >= 15 is 0 Å². The molecule has 98 valence electrons. The molecule has 1 aromatic carbocycles. The van der Waals surface area contributed by atoms with Crippen molar-refractivity contribution in [1.29, 1.82) is 0 Å². The van der Waals surface area contributed by atoms with E-state index in [1.165, 1.54) is 6.07 Å². The van der Waals surface area contributed by atoms with E-state index in [9.17, 15) is 13.2 Å². The number of benzene rings is 1. The van der Waals surface area contributed by atoms with Crippen LogP contribution >= 0.6 is 28.3 Å². The van der Waals surface area contributed by atoms with Gasteiger partial charge in [0.15, 0.2) is 0 Å². The Bertz CT molecular complexity index is 371. The molecular formula is C10H13BrClF3N2. The predicted molar refractivity (Wildman–Crippen MR) is 67.0 cm³/mol. The van der Waals surface area contributed by atoms with E-state index in [4.69, 9.17) is 11.5 Å². The minimum absolute atomic E-state index is 0. The van der Waals surface area contributed by atoms with Crippen molar-refractivity contribution in [3.05, 3.63) is 33.8 Å². The number of hydrogen-bond donors (Lipinski definition) is 2. The van der Waals surface area contributed by atoms with Gasteiger partial charge in [-0.25, -0.2) is 0 Å². The topological polar surface area (TPSA) is 52.0 Å². The Balaban J connectivity index is 0.00000256. The van der Waals surface area contributed by atoms with Crippen LogP contribution in [0.4, 0.5) is 13.2 Å². The van der Waals surface area contributed by atoms with Gasteiger partial charge in [-0.3, -0.25) is 0 Å². The Labute approximate surface area is 112 Å². The second-order valence-electron chi connectivity index (χ2n) is 3.42. The molecule has 0 saturated heterocycles. The SMILES string of the molecule is Cl.NCC[C@@H](N)c1cc(C(F)(F)F)ccc1Br. The molecule has 1 atom stereocenters. The smallest absolute Gasteiger partial charge is 0.330 e. The van der Waals surface area contributed by atoms with Crippen LogP contribution < -0.4 is 11.5 Å². The van der Waals surface area contributed by atoms with Crippen LogP contribution in [-0.2, 0) is 6.18 Å². The summed E-state index contributed by atoms with van der Waals surface area (Å²) >= 11 is 3.18. The molecule has 0 heterocycles. The van der Waals surface area contributed by atoms with Gasteiger partial charge < -0.3 is 11.5 Å². The normalized spacial score (nSPS) is 13.1. The summed E-state index contributed by atoms with van der Waals surface area (Å²) in [5.74, 6) is 0. The molecule has 1 rings (SSSR count). The Kier molecular flexibility index (Phi) is 6.47. The molecule has 4 N–H and O–H groups in total. The first-order valence-electron chi connectivity index (χ1n) is 4.68. The van der Waals surface area contributed by atoms with Crippen molar-refractivity contribution in [2.75, 3.05) is 6.54 Å². The fourth-order valence-corrected chi connectivity index (χ4v) is 1.88. The zero-order chi connectivity index (χ0) is 12.3. The summed E-state index contributed by atoms with van der Waals surface area (Å²) in [7, 11) is 0. The van der Waals surface area contributed by atoms with Crippen molar-refractivity contribution >= 4 is 28.3 Å². The standard InChI is InChI=1S/C10H12BrF3N2.ClH/c11-8-2-1-6(10(12,13)14)5-7(8)9(16)3-4-15;/h1-2,5,9H,3-4,15-16H2;1H/t9-;/m1./s1. The van der Waals surface area contributed by atoms with Crippen molar-refractivity contribution < 1.29 is 13.2 Å². The molecule has 0 spiro atoms. The van der Waals surface area contributed by atoms with Gasteiger partial charge in [0.25, 0.3) is 0 Å². The molecule has 17 heavy (non-hydrogen) atoms. The van der Waals surface area contributed by atoms with Crippen molar-refractivity contribution in [3.63, 3.8) is 0 Å². The fourth-order valence-electron chi connectivity index (χ4n) is 1.34. The van der Waals surface area contributed by atoms with Crippen LogP contribution in [0, 0.1) is 0 Å². The second-order valence-corrected chi connectivity index (χ2v) is 4.27. The maximum Gasteiger partial charge on any atom is 0.416 e. The van der Waals surface area contributed by atoms with Crippen molar-refractivity contribution in [1.82, 2.24) is 0 Å². The fraction of sp³-hybridized carbons (Fsp3) is 0.400. The highest BCUT2D eigenvalue weighted by molar-refractivity contribution is 9.10. The Morgan fingerprint density at radius 1 is 1.29 bits per heavy atom. The zero-order valence-corrected chi connectivity index (χ0v) is 11.2. The summed E-state index contributed by atoms with van der Waals surface area (Å²) in [6, 6.07) is 2.95. The van der Waals surface area contributed by atoms with Gasteiger partial charge in [-0.1, -0.05) is 15.9 Å². The lowest BCUT2D eigenvalue weighted by Crippen LogP contribution is -2.17. The van der Waals surface area contributed by atoms with E-state index in [2.05, 4.69) is 15.9 Å². The van der Waals surface area contributed by atoms with E-state index in [1.807, 2.05) is 0 Å². The van der Waals surface area contributed by atoms with Crippen molar-refractivity contribution in [2.24, 2.45) is 11.5 Å². The number of hydrogen-bond acceptors (Lipinski definition) is 2. The molecule has 0 saturated carbocycles. The lowest BCUT2D eigenvalue weighted by atomic mass is 10.0. The summed E-state index contributed by atoms with van der Waals surface area (Å²) in [5.41, 5.74) is 10.8.